The number of imidazole rings is 1. The molecule has 3 heterocycles. The second-order valence-electron chi connectivity index (χ2n) is 4.10. The monoisotopic (exact) mass is 291 g/mol. The minimum atomic E-state index is 0.644. The van der Waals surface area contributed by atoms with Crippen LogP contribution in [-0.4, -0.2) is 26.6 Å². The van der Waals surface area contributed by atoms with Gasteiger partial charge in [0, 0.05) is 36.8 Å². The molecule has 0 aliphatic carbocycles. The van der Waals surface area contributed by atoms with Gasteiger partial charge in [-0.3, -0.25) is 0 Å². The van der Waals surface area contributed by atoms with Crippen LogP contribution in [0.4, 0.5) is 5.95 Å². The smallest absolute Gasteiger partial charge is 0.224 e. The Kier molecular flexibility index (Phi) is 3.16. The van der Waals surface area contributed by atoms with E-state index in [2.05, 4.69) is 33.3 Å². The molecule has 0 aromatic carbocycles. The zero-order valence-electron chi connectivity index (χ0n) is 10.8. The van der Waals surface area contributed by atoms with Gasteiger partial charge in [-0.2, -0.15) is 0 Å². The van der Waals surface area contributed by atoms with Crippen molar-refractivity contribution in [3.63, 3.8) is 0 Å². The largest absolute Gasteiger partial charge is 0.357 e. The van der Waals surface area contributed by atoms with Crippen LogP contribution < -0.4 is 5.32 Å². The van der Waals surface area contributed by atoms with Gasteiger partial charge in [0.2, 0.25) is 5.95 Å². The minimum absolute atomic E-state index is 0.644. The summed E-state index contributed by atoms with van der Waals surface area (Å²) in [6.07, 6.45) is 3.72. The van der Waals surface area contributed by atoms with Crippen LogP contribution in [0.5, 0.6) is 0 Å². The summed E-state index contributed by atoms with van der Waals surface area (Å²) in [5, 5.41) is 5.96. The predicted octanol–water partition coefficient (Wildman–Crippen LogP) is 2.93. The van der Waals surface area contributed by atoms with E-state index in [4.69, 9.17) is 0 Å². The second-order valence-corrected chi connectivity index (χ2v) is 6.29. The molecule has 0 saturated heterocycles. The van der Waals surface area contributed by atoms with Crippen molar-refractivity contribution in [2.45, 2.75) is 17.1 Å². The first-order chi connectivity index (χ1) is 9.17. The third kappa shape index (κ3) is 2.31. The molecule has 3 aromatic heterocycles. The number of fused-ring (bicyclic) bond motifs is 1. The number of anilines is 1. The zero-order chi connectivity index (χ0) is 13.4. The molecule has 0 bridgehead atoms. The predicted molar refractivity (Wildman–Crippen MR) is 79.0 cm³/mol. The fourth-order valence-corrected chi connectivity index (χ4v) is 3.58. The Balaban J connectivity index is 2.13. The zero-order valence-corrected chi connectivity index (χ0v) is 12.5. The van der Waals surface area contributed by atoms with Crippen molar-refractivity contribution in [3.05, 3.63) is 23.3 Å². The number of nitrogens with one attached hydrogen (secondary N) is 1. The van der Waals surface area contributed by atoms with E-state index in [-0.39, 0.29) is 0 Å². The lowest BCUT2D eigenvalue weighted by Crippen LogP contribution is -1.98. The van der Waals surface area contributed by atoms with Crippen molar-refractivity contribution in [1.29, 1.82) is 0 Å². The maximum absolute atomic E-state index is 4.54. The van der Waals surface area contributed by atoms with E-state index in [1.165, 1.54) is 4.88 Å². The van der Waals surface area contributed by atoms with E-state index < -0.39 is 0 Å². The molecule has 1 N–H and O–H groups in total. The Hall–Kier alpha value is -1.60. The Morgan fingerprint density at radius 2 is 2.21 bits per heavy atom. The fourth-order valence-electron chi connectivity index (χ4n) is 1.74. The van der Waals surface area contributed by atoms with E-state index in [0.29, 0.717) is 5.95 Å². The van der Waals surface area contributed by atoms with Gasteiger partial charge in [-0.15, -0.1) is 11.3 Å². The summed E-state index contributed by atoms with van der Waals surface area (Å²) < 4.78 is 1.98. The van der Waals surface area contributed by atoms with Crippen molar-refractivity contribution in [3.8, 4) is 0 Å². The van der Waals surface area contributed by atoms with Crippen molar-refractivity contribution in [2.24, 2.45) is 7.05 Å². The molecule has 0 amide bonds. The first-order valence-electron chi connectivity index (χ1n) is 5.78. The molecule has 98 valence electrons. The van der Waals surface area contributed by atoms with Gasteiger partial charge in [0.25, 0.3) is 0 Å². The summed E-state index contributed by atoms with van der Waals surface area (Å²) >= 11 is 3.24. The van der Waals surface area contributed by atoms with Gasteiger partial charge in [0.05, 0.1) is 0 Å². The molecular formula is C12H13N5S2. The van der Waals surface area contributed by atoms with E-state index >= 15 is 0 Å². The van der Waals surface area contributed by atoms with Gasteiger partial charge >= 0.3 is 0 Å². The van der Waals surface area contributed by atoms with Gasteiger partial charge in [-0.1, -0.05) is 0 Å². The third-order valence-corrected chi connectivity index (χ3v) is 4.69. The van der Waals surface area contributed by atoms with Crippen LogP contribution in [0.3, 0.4) is 0 Å². The number of aromatic nitrogens is 4. The topological polar surface area (TPSA) is 55.6 Å². The van der Waals surface area contributed by atoms with E-state index in [0.717, 1.165) is 20.4 Å². The Morgan fingerprint density at radius 3 is 2.89 bits per heavy atom. The number of thiophene rings is 1. The first-order valence-corrected chi connectivity index (χ1v) is 7.42. The van der Waals surface area contributed by atoms with Crippen LogP contribution >= 0.6 is 23.1 Å². The maximum atomic E-state index is 4.54. The lowest BCUT2D eigenvalue weighted by atomic mass is 10.4. The SMILES string of the molecule is CNc1nc(Sc2nccn2C)c2cc(C)sc2n1. The average molecular weight is 291 g/mol. The van der Waals surface area contributed by atoms with Gasteiger partial charge in [-0.25, -0.2) is 15.0 Å². The summed E-state index contributed by atoms with van der Waals surface area (Å²) in [6, 6.07) is 2.13. The Bertz CT molecular complexity index is 731. The number of rotatable bonds is 3. The van der Waals surface area contributed by atoms with E-state index in [9.17, 15) is 0 Å². The van der Waals surface area contributed by atoms with Crippen LogP contribution in [-0.2, 0) is 7.05 Å². The highest BCUT2D eigenvalue weighted by Gasteiger charge is 2.13. The van der Waals surface area contributed by atoms with Crippen molar-refractivity contribution < 1.29 is 0 Å². The van der Waals surface area contributed by atoms with Crippen molar-refractivity contribution >= 4 is 39.3 Å². The molecule has 3 aromatic rings. The molecule has 0 aliphatic rings. The third-order valence-electron chi connectivity index (χ3n) is 2.67. The van der Waals surface area contributed by atoms with E-state index in [1.54, 1.807) is 29.3 Å². The van der Waals surface area contributed by atoms with Crippen molar-refractivity contribution in [2.75, 3.05) is 12.4 Å². The summed E-state index contributed by atoms with van der Waals surface area (Å²) in [5.41, 5.74) is 0. The Morgan fingerprint density at radius 1 is 1.37 bits per heavy atom. The molecule has 0 aliphatic heterocycles. The van der Waals surface area contributed by atoms with Gasteiger partial charge in [0.15, 0.2) is 5.16 Å². The molecule has 0 fully saturated rings. The highest BCUT2D eigenvalue weighted by atomic mass is 32.2. The number of aryl methyl sites for hydroxylation is 2. The molecule has 5 nitrogen and oxygen atoms in total. The quantitative estimate of drug-likeness (QED) is 0.752. The minimum Gasteiger partial charge on any atom is -0.357 e. The van der Waals surface area contributed by atoms with Crippen LogP contribution in [0, 0.1) is 6.92 Å². The standard InChI is InChI=1S/C12H13N5S2/c1-7-6-8-9(18-7)15-11(13-2)16-10(8)19-12-14-4-5-17(12)3/h4-6H,1-3H3,(H,13,15,16). The number of nitrogens with zero attached hydrogens (tertiary/aromatic N) is 4. The van der Waals surface area contributed by atoms with E-state index in [1.807, 2.05) is 24.9 Å². The van der Waals surface area contributed by atoms with Crippen LogP contribution in [0.15, 0.2) is 28.6 Å². The highest BCUT2D eigenvalue weighted by molar-refractivity contribution is 7.99. The average Bonchev–Trinajstić information content (AvgIpc) is 2.95. The molecule has 0 radical (unpaired) electrons. The molecule has 19 heavy (non-hydrogen) atoms. The number of hydrogen-bond acceptors (Lipinski definition) is 6. The highest BCUT2D eigenvalue weighted by Crippen LogP contribution is 2.34. The van der Waals surface area contributed by atoms with Gasteiger partial charge in [0.1, 0.15) is 9.86 Å². The van der Waals surface area contributed by atoms with Crippen LogP contribution in [0.1, 0.15) is 4.88 Å². The second kappa shape index (κ2) is 4.82. The molecule has 0 unspecified atom stereocenters. The Labute approximate surface area is 119 Å². The molecule has 0 spiro atoms. The molecule has 3 rings (SSSR count). The fraction of sp³-hybridized carbons (Fsp3) is 0.250. The van der Waals surface area contributed by atoms with Crippen LogP contribution in [0.2, 0.25) is 0 Å². The first kappa shape index (κ1) is 12.4. The maximum Gasteiger partial charge on any atom is 0.224 e. The summed E-state index contributed by atoms with van der Waals surface area (Å²) in [5.74, 6) is 0.644. The summed E-state index contributed by atoms with van der Waals surface area (Å²) in [7, 11) is 3.81. The summed E-state index contributed by atoms with van der Waals surface area (Å²) in [4.78, 5) is 15.6. The summed E-state index contributed by atoms with van der Waals surface area (Å²) in [6.45, 7) is 2.08. The molecule has 0 saturated carbocycles. The van der Waals surface area contributed by atoms with Gasteiger partial charge < -0.3 is 9.88 Å². The van der Waals surface area contributed by atoms with Gasteiger partial charge in [-0.05, 0) is 24.8 Å². The number of hydrogen-bond donors (Lipinski definition) is 1. The van der Waals surface area contributed by atoms with Crippen molar-refractivity contribution in [1.82, 2.24) is 19.5 Å². The molecule has 0 atom stereocenters. The normalized spacial score (nSPS) is 11.1. The molecular weight excluding hydrogens is 278 g/mol. The van der Waals surface area contributed by atoms with Crippen LogP contribution in [0.25, 0.3) is 10.2 Å². The lowest BCUT2D eigenvalue weighted by Gasteiger charge is -2.05. The lowest BCUT2D eigenvalue weighted by molar-refractivity contribution is 0.789. The molecule has 7 heteroatoms.